The van der Waals surface area contributed by atoms with Crippen molar-refractivity contribution in [2.75, 3.05) is 38.8 Å². The number of nitrogens with one attached hydrogen (secondary N) is 1. The molecule has 1 unspecified atom stereocenters. The molecule has 0 radical (unpaired) electrons. The number of ether oxygens (including phenoxy) is 1. The van der Waals surface area contributed by atoms with Gasteiger partial charge in [0, 0.05) is 20.2 Å². The van der Waals surface area contributed by atoms with Crippen LogP contribution in [0.2, 0.25) is 0 Å². The number of rotatable bonds is 10. The Morgan fingerprint density at radius 2 is 2.26 bits per heavy atom. The number of methoxy groups -OCH3 is 1. The van der Waals surface area contributed by atoms with E-state index >= 15 is 0 Å². The summed E-state index contributed by atoms with van der Waals surface area (Å²) in [5, 5.41) is 3.38. The highest BCUT2D eigenvalue weighted by molar-refractivity contribution is 7.98. The van der Waals surface area contributed by atoms with Crippen molar-refractivity contribution in [3.05, 3.63) is 35.6 Å². The van der Waals surface area contributed by atoms with Crippen LogP contribution in [0, 0.1) is 5.82 Å². The number of hydrogen-bond acceptors (Lipinski definition) is 3. The van der Waals surface area contributed by atoms with Crippen molar-refractivity contribution in [1.82, 2.24) is 5.32 Å². The molecule has 108 valence electrons. The molecule has 0 fully saturated rings. The predicted molar refractivity (Wildman–Crippen MR) is 81.5 cm³/mol. The first kappa shape index (κ1) is 16.5. The second kappa shape index (κ2) is 10.2. The summed E-state index contributed by atoms with van der Waals surface area (Å²) >= 11 is 1.86. The third-order valence-corrected chi connectivity index (χ3v) is 3.79. The SMILES string of the molecule is COCCNCC(CCCSC)c1cccc(F)c1. The van der Waals surface area contributed by atoms with Crippen LogP contribution in [-0.2, 0) is 4.74 Å². The number of benzene rings is 1. The first-order valence-corrected chi connectivity index (χ1v) is 8.11. The lowest BCUT2D eigenvalue weighted by Gasteiger charge is -2.18. The van der Waals surface area contributed by atoms with E-state index in [2.05, 4.69) is 11.6 Å². The van der Waals surface area contributed by atoms with Crippen molar-refractivity contribution in [3.63, 3.8) is 0 Å². The predicted octanol–water partition coefficient (Wildman–Crippen LogP) is 3.29. The van der Waals surface area contributed by atoms with Gasteiger partial charge in [0.05, 0.1) is 6.61 Å². The van der Waals surface area contributed by atoms with Gasteiger partial charge in [-0.2, -0.15) is 11.8 Å². The monoisotopic (exact) mass is 285 g/mol. The van der Waals surface area contributed by atoms with Crippen molar-refractivity contribution in [2.45, 2.75) is 18.8 Å². The summed E-state index contributed by atoms with van der Waals surface area (Å²) in [7, 11) is 1.70. The molecule has 4 heteroatoms. The second-order valence-electron chi connectivity index (χ2n) is 4.58. The fourth-order valence-electron chi connectivity index (χ4n) is 2.07. The first-order chi connectivity index (χ1) is 9.27. The average Bonchev–Trinajstić information content (AvgIpc) is 2.41. The molecule has 0 bridgehead atoms. The first-order valence-electron chi connectivity index (χ1n) is 6.72. The van der Waals surface area contributed by atoms with Crippen LogP contribution >= 0.6 is 11.8 Å². The summed E-state index contributed by atoms with van der Waals surface area (Å²) in [6.07, 6.45) is 4.37. The molecule has 19 heavy (non-hydrogen) atoms. The molecule has 1 atom stereocenters. The van der Waals surface area contributed by atoms with Crippen LogP contribution in [0.5, 0.6) is 0 Å². The van der Waals surface area contributed by atoms with E-state index in [0.29, 0.717) is 12.5 Å². The zero-order valence-electron chi connectivity index (χ0n) is 11.8. The molecule has 2 nitrogen and oxygen atoms in total. The van der Waals surface area contributed by atoms with E-state index in [9.17, 15) is 4.39 Å². The fraction of sp³-hybridized carbons (Fsp3) is 0.600. The van der Waals surface area contributed by atoms with Crippen LogP contribution in [0.15, 0.2) is 24.3 Å². The largest absolute Gasteiger partial charge is 0.383 e. The van der Waals surface area contributed by atoms with Crippen molar-refractivity contribution in [2.24, 2.45) is 0 Å². The van der Waals surface area contributed by atoms with E-state index < -0.39 is 0 Å². The number of hydrogen-bond donors (Lipinski definition) is 1. The molecule has 1 N–H and O–H groups in total. The van der Waals surface area contributed by atoms with Gasteiger partial charge < -0.3 is 10.1 Å². The lowest BCUT2D eigenvalue weighted by molar-refractivity contribution is 0.198. The van der Waals surface area contributed by atoms with Gasteiger partial charge in [-0.25, -0.2) is 4.39 Å². The van der Waals surface area contributed by atoms with E-state index in [1.54, 1.807) is 19.2 Å². The second-order valence-corrected chi connectivity index (χ2v) is 5.57. The van der Waals surface area contributed by atoms with Crippen molar-refractivity contribution in [3.8, 4) is 0 Å². The molecule has 1 rings (SSSR count). The summed E-state index contributed by atoms with van der Waals surface area (Å²) in [5.74, 6) is 1.38. The van der Waals surface area contributed by atoms with Crippen molar-refractivity contribution in [1.29, 1.82) is 0 Å². The van der Waals surface area contributed by atoms with Crippen LogP contribution in [0.1, 0.15) is 24.3 Å². The molecule has 0 aliphatic rings. The molecule has 0 saturated carbocycles. The molecule has 0 aliphatic heterocycles. The van der Waals surface area contributed by atoms with Gasteiger partial charge in [-0.05, 0) is 48.5 Å². The van der Waals surface area contributed by atoms with Gasteiger partial charge in [-0.3, -0.25) is 0 Å². The minimum atomic E-state index is -0.149. The summed E-state index contributed by atoms with van der Waals surface area (Å²) in [4.78, 5) is 0. The van der Waals surface area contributed by atoms with Crippen LogP contribution in [0.3, 0.4) is 0 Å². The standard InChI is InChI=1S/C15H24FNOS/c1-18-9-8-17-12-14(6-4-10-19-2)13-5-3-7-15(16)11-13/h3,5,7,11,14,17H,4,6,8-10,12H2,1-2H3. The van der Waals surface area contributed by atoms with E-state index in [1.807, 2.05) is 17.8 Å². The Labute approximate surface area is 120 Å². The summed E-state index contributed by atoms with van der Waals surface area (Å²) in [5.41, 5.74) is 1.09. The molecule has 1 aromatic carbocycles. The maximum Gasteiger partial charge on any atom is 0.123 e. The normalized spacial score (nSPS) is 12.6. The van der Waals surface area contributed by atoms with Gasteiger partial charge in [-0.15, -0.1) is 0 Å². The lowest BCUT2D eigenvalue weighted by Crippen LogP contribution is -2.25. The fourth-order valence-corrected chi connectivity index (χ4v) is 2.53. The Bertz CT molecular complexity index is 349. The Hall–Kier alpha value is -0.580. The third kappa shape index (κ3) is 6.95. The maximum absolute atomic E-state index is 13.3. The van der Waals surface area contributed by atoms with Gasteiger partial charge in [0.25, 0.3) is 0 Å². The lowest BCUT2D eigenvalue weighted by atomic mass is 9.94. The van der Waals surface area contributed by atoms with Crippen LogP contribution in [0.4, 0.5) is 4.39 Å². The van der Waals surface area contributed by atoms with E-state index in [1.165, 1.54) is 6.07 Å². The topological polar surface area (TPSA) is 21.3 Å². The van der Waals surface area contributed by atoms with E-state index in [-0.39, 0.29) is 5.82 Å². The molecule has 1 aromatic rings. The summed E-state index contributed by atoms with van der Waals surface area (Å²) in [6, 6.07) is 6.97. The molecule has 0 saturated heterocycles. The zero-order valence-corrected chi connectivity index (χ0v) is 12.6. The molecule has 0 spiro atoms. The number of halogens is 1. The molecule has 0 aromatic heterocycles. The van der Waals surface area contributed by atoms with Gasteiger partial charge in [0.1, 0.15) is 5.82 Å². The van der Waals surface area contributed by atoms with Crippen LogP contribution in [0.25, 0.3) is 0 Å². The highest BCUT2D eigenvalue weighted by Crippen LogP contribution is 2.22. The molecule has 0 heterocycles. The Balaban J connectivity index is 2.52. The Morgan fingerprint density at radius 1 is 1.42 bits per heavy atom. The minimum Gasteiger partial charge on any atom is -0.383 e. The van der Waals surface area contributed by atoms with Crippen molar-refractivity contribution >= 4 is 11.8 Å². The average molecular weight is 285 g/mol. The maximum atomic E-state index is 13.3. The molecular weight excluding hydrogens is 261 g/mol. The van der Waals surface area contributed by atoms with Gasteiger partial charge in [-0.1, -0.05) is 12.1 Å². The van der Waals surface area contributed by atoms with Gasteiger partial charge in [0.2, 0.25) is 0 Å². The minimum absolute atomic E-state index is 0.149. The van der Waals surface area contributed by atoms with E-state index in [4.69, 9.17) is 4.74 Å². The highest BCUT2D eigenvalue weighted by Gasteiger charge is 2.11. The highest BCUT2D eigenvalue weighted by atomic mass is 32.2. The third-order valence-electron chi connectivity index (χ3n) is 3.09. The van der Waals surface area contributed by atoms with Crippen LogP contribution in [-0.4, -0.2) is 38.8 Å². The van der Waals surface area contributed by atoms with Crippen molar-refractivity contribution < 1.29 is 9.13 Å². The molecular formula is C15H24FNOS. The van der Waals surface area contributed by atoms with Crippen LogP contribution < -0.4 is 5.32 Å². The van der Waals surface area contributed by atoms with Gasteiger partial charge in [0.15, 0.2) is 0 Å². The zero-order chi connectivity index (χ0) is 13.9. The van der Waals surface area contributed by atoms with Gasteiger partial charge >= 0.3 is 0 Å². The van der Waals surface area contributed by atoms with E-state index in [0.717, 1.165) is 37.2 Å². The Kier molecular flexibility index (Phi) is 8.88. The summed E-state index contributed by atoms with van der Waals surface area (Å²) in [6.45, 7) is 2.42. The summed E-state index contributed by atoms with van der Waals surface area (Å²) < 4.78 is 18.3. The number of thioether (sulfide) groups is 1. The molecule has 0 amide bonds. The smallest absolute Gasteiger partial charge is 0.123 e. The quantitative estimate of drug-likeness (QED) is 0.667. The Morgan fingerprint density at radius 3 is 2.95 bits per heavy atom. The molecule has 0 aliphatic carbocycles.